The summed E-state index contributed by atoms with van der Waals surface area (Å²) in [5.41, 5.74) is 0.605. The Morgan fingerprint density at radius 3 is 2.89 bits per heavy atom. The van der Waals surface area contributed by atoms with E-state index in [4.69, 9.17) is 4.74 Å². The lowest BCUT2D eigenvalue weighted by Gasteiger charge is -2.31. The van der Waals surface area contributed by atoms with Crippen LogP contribution < -0.4 is 10.1 Å². The smallest absolute Gasteiger partial charge is 0.279 e. The van der Waals surface area contributed by atoms with Crippen LogP contribution in [0.4, 0.5) is 5.69 Å². The Hall–Kier alpha value is -1.69. The minimum absolute atomic E-state index is 0.0357. The predicted octanol–water partition coefficient (Wildman–Crippen LogP) is 2.21. The number of ether oxygens (including phenoxy) is 1. The summed E-state index contributed by atoms with van der Waals surface area (Å²) < 4.78 is 5.83. The van der Waals surface area contributed by atoms with E-state index in [1.54, 1.807) is 6.92 Å². The zero-order chi connectivity index (χ0) is 13.8. The minimum Gasteiger partial charge on any atom is -0.473 e. The molecule has 1 fully saturated rings. The Morgan fingerprint density at radius 2 is 2.21 bits per heavy atom. The summed E-state index contributed by atoms with van der Waals surface area (Å²) in [6.45, 7) is 1.67. The first-order valence-electron chi connectivity index (χ1n) is 6.56. The van der Waals surface area contributed by atoms with Gasteiger partial charge in [0.1, 0.15) is 6.10 Å². The molecule has 0 amide bonds. The molecule has 1 aromatic rings. The fourth-order valence-electron chi connectivity index (χ4n) is 2.48. The highest BCUT2D eigenvalue weighted by molar-refractivity contribution is 5.40. The lowest BCUT2D eigenvalue weighted by Crippen LogP contribution is -2.43. The quantitative estimate of drug-likeness (QED) is 0.667. The van der Waals surface area contributed by atoms with Gasteiger partial charge in [-0.15, -0.1) is 0 Å². The number of pyridine rings is 1. The van der Waals surface area contributed by atoms with Crippen molar-refractivity contribution in [2.24, 2.45) is 0 Å². The van der Waals surface area contributed by atoms with Crippen LogP contribution in [0.3, 0.4) is 0 Å². The fraction of sp³-hybridized carbons (Fsp3) is 0.615. The van der Waals surface area contributed by atoms with Crippen molar-refractivity contribution in [3.8, 4) is 5.88 Å². The third kappa shape index (κ3) is 3.20. The second kappa shape index (κ2) is 5.97. The van der Waals surface area contributed by atoms with Crippen molar-refractivity contribution in [2.75, 3.05) is 7.05 Å². The molecule has 6 heteroatoms. The van der Waals surface area contributed by atoms with E-state index in [-0.39, 0.29) is 17.8 Å². The van der Waals surface area contributed by atoms with Gasteiger partial charge in [-0.25, -0.2) is 4.98 Å². The molecule has 0 radical (unpaired) electrons. The van der Waals surface area contributed by atoms with Gasteiger partial charge in [0.25, 0.3) is 5.69 Å². The highest BCUT2D eigenvalue weighted by Gasteiger charge is 2.26. The molecular weight excluding hydrogens is 246 g/mol. The molecule has 0 bridgehead atoms. The molecule has 2 rings (SSSR count). The molecule has 0 saturated heterocycles. The van der Waals surface area contributed by atoms with Crippen LogP contribution in [0.1, 0.15) is 31.2 Å². The van der Waals surface area contributed by atoms with Crippen LogP contribution in [-0.4, -0.2) is 29.1 Å². The number of rotatable bonds is 4. The second-order valence-electron chi connectivity index (χ2n) is 4.90. The van der Waals surface area contributed by atoms with Crippen molar-refractivity contribution in [3.63, 3.8) is 0 Å². The second-order valence-corrected chi connectivity index (χ2v) is 4.90. The van der Waals surface area contributed by atoms with Gasteiger partial charge >= 0.3 is 0 Å². The summed E-state index contributed by atoms with van der Waals surface area (Å²) in [6, 6.07) is 1.70. The molecule has 1 aromatic heterocycles. The van der Waals surface area contributed by atoms with Crippen LogP contribution in [0.2, 0.25) is 0 Å². The Labute approximate surface area is 112 Å². The van der Waals surface area contributed by atoms with Gasteiger partial charge in [-0.1, -0.05) is 6.42 Å². The van der Waals surface area contributed by atoms with Gasteiger partial charge in [0.2, 0.25) is 5.88 Å². The largest absolute Gasteiger partial charge is 0.473 e. The third-order valence-corrected chi connectivity index (χ3v) is 3.59. The van der Waals surface area contributed by atoms with E-state index in [2.05, 4.69) is 10.3 Å². The van der Waals surface area contributed by atoms with E-state index in [0.717, 1.165) is 19.3 Å². The Balaban J connectivity index is 2.14. The van der Waals surface area contributed by atoms with Crippen molar-refractivity contribution in [1.29, 1.82) is 0 Å². The van der Waals surface area contributed by atoms with E-state index in [1.165, 1.54) is 18.7 Å². The zero-order valence-corrected chi connectivity index (χ0v) is 11.3. The van der Waals surface area contributed by atoms with Gasteiger partial charge in [0.05, 0.1) is 11.0 Å². The number of likely N-dealkylation sites (N-methyl/N-ethyl adjacent to an activating group) is 1. The first-order valence-corrected chi connectivity index (χ1v) is 6.56. The van der Waals surface area contributed by atoms with Crippen LogP contribution in [-0.2, 0) is 0 Å². The normalized spacial score (nSPS) is 23.1. The van der Waals surface area contributed by atoms with E-state index < -0.39 is 4.92 Å². The van der Waals surface area contributed by atoms with E-state index in [9.17, 15) is 10.1 Å². The highest BCUT2D eigenvalue weighted by atomic mass is 16.6. The summed E-state index contributed by atoms with van der Waals surface area (Å²) in [4.78, 5) is 14.6. The molecule has 104 valence electrons. The van der Waals surface area contributed by atoms with Crippen molar-refractivity contribution < 1.29 is 9.66 Å². The highest BCUT2D eigenvalue weighted by Crippen LogP contribution is 2.26. The summed E-state index contributed by atoms with van der Waals surface area (Å²) >= 11 is 0. The summed E-state index contributed by atoms with van der Waals surface area (Å²) in [6.07, 6.45) is 5.85. The topological polar surface area (TPSA) is 77.3 Å². The molecule has 2 atom stereocenters. The average Bonchev–Trinajstić information content (AvgIpc) is 2.41. The van der Waals surface area contributed by atoms with E-state index >= 15 is 0 Å². The predicted molar refractivity (Wildman–Crippen MR) is 71.4 cm³/mol. The van der Waals surface area contributed by atoms with Crippen molar-refractivity contribution >= 4 is 5.69 Å². The number of aryl methyl sites for hydroxylation is 1. The molecular formula is C13H19N3O3. The molecule has 2 unspecified atom stereocenters. The first-order chi connectivity index (χ1) is 9.11. The van der Waals surface area contributed by atoms with Crippen molar-refractivity contribution in [2.45, 2.75) is 44.8 Å². The summed E-state index contributed by atoms with van der Waals surface area (Å²) in [7, 11) is 1.91. The van der Waals surface area contributed by atoms with E-state index in [1.807, 2.05) is 7.05 Å². The minimum atomic E-state index is -0.402. The number of nitrogens with zero attached hydrogens (tertiary/aromatic N) is 2. The monoisotopic (exact) mass is 265 g/mol. The number of hydrogen-bond acceptors (Lipinski definition) is 5. The Bertz CT molecular complexity index is 464. The fourth-order valence-corrected chi connectivity index (χ4v) is 2.48. The third-order valence-electron chi connectivity index (χ3n) is 3.59. The molecule has 1 saturated carbocycles. The zero-order valence-electron chi connectivity index (χ0n) is 11.3. The number of nitrogens with one attached hydrogen (secondary N) is 1. The van der Waals surface area contributed by atoms with Gasteiger partial charge in [-0.05, 0) is 33.2 Å². The Kier molecular flexibility index (Phi) is 4.31. The maximum atomic E-state index is 10.9. The van der Waals surface area contributed by atoms with E-state index in [0.29, 0.717) is 11.4 Å². The van der Waals surface area contributed by atoms with Crippen LogP contribution in [0, 0.1) is 17.0 Å². The molecule has 1 heterocycles. The molecule has 19 heavy (non-hydrogen) atoms. The van der Waals surface area contributed by atoms with Crippen LogP contribution in [0.25, 0.3) is 0 Å². The lowest BCUT2D eigenvalue weighted by molar-refractivity contribution is -0.385. The molecule has 1 aliphatic carbocycles. The maximum absolute atomic E-state index is 10.9. The number of hydrogen-bond donors (Lipinski definition) is 1. The molecule has 0 spiro atoms. The standard InChI is InChI=1S/C13H19N3O3/c1-9-8-15-13(7-11(9)16(17)18)19-12-6-4-3-5-10(12)14-2/h7-8,10,12,14H,3-6H2,1-2H3. The molecule has 6 nitrogen and oxygen atoms in total. The SMILES string of the molecule is CNC1CCCCC1Oc1cc([N+](=O)[O-])c(C)cn1. The average molecular weight is 265 g/mol. The van der Waals surface area contributed by atoms with Gasteiger partial charge < -0.3 is 10.1 Å². The van der Waals surface area contributed by atoms with Crippen LogP contribution >= 0.6 is 0 Å². The Morgan fingerprint density at radius 1 is 1.47 bits per heavy atom. The number of nitro groups is 1. The molecule has 0 aromatic carbocycles. The summed E-state index contributed by atoms with van der Waals surface area (Å²) in [5.74, 6) is 0.337. The van der Waals surface area contributed by atoms with Gasteiger partial charge in [-0.2, -0.15) is 0 Å². The van der Waals surface area contributed by atoms with Crippen LogP contribution in [0.15, 0.2) is 12.3 Å². The lowest BCUT2D eigenvalue weighted by atomic mass is 9.92. The molecule has 0 aliphatic heterocycles. The van der Waals surface area contributed by atoms with Gasteiger partial charge in [0.15, 0.2) is 0 Å². The summed E-state index contributed by atoms with van der Waals surface area (Å²) in [5, 5.41) is 14.1. The first kappa shape index (κ1) is 13.7. The van der Waals surface area contributed by atoms with Crippen molar-refractivity contribution in [1.82, 2.24) is 10.3 Å². The number of aromatic nitrogens is 1. The van der Waals surface area contributed by atoms with Gasteiger partial charge in [-0.3, -0.25) is 10.1 Å². The molecule has 1 N–H and O–H groups in total. The molecule has 1 aliphatic rings. The van der Waals surface area contributed by atoms with Gasteiger partial charge in [0, 0.05) is 17.8 Å². The van der Waals surface area contributed by atoms with Crippen molar-refractivity contribution in [3.05, 3.63) is 27.9 Å². The maximum Gasteiger partial charge on any atom is 0.279 e. The van der Waals surface area contributed by atoms with Crippen LogP contribution in [0.5, 0.6) is 5.88 Å².